The minimum Gasteiger partial charge on any atom is -0.392 e. The van der Waals surface area contributed by atoms with Crippen LogP contribution in [0.4, 0.5) is 0 Å². The summed E-state index contributed by atoms with van der Waals surface area (Å²) in [6.45, 7) is 5.05. The third-order valence-electron chi connectivity index (χ3n) is 3.41. The summed E-state index contributed by atoms with van der Waals surface area (Å²) in [5.74, 6) is 1.39. The monoisotopic (exact) mass is 223 g/mol. The molecule has 1 fully saturated rings. The van der Waals surface area contributed by atoms with Crippen LogP contribution in [0.3, 0.4) is 0 Å². The molecule has 16 heavy (non-hydrogen) atoms. The number of nitrogens with one attached hydrogen (secondary N) is 1. The highest BCUT2D eigenvalue weighted by Crippen LogP contribution is 2.17. The first-order valence-corrected chi connectivity index (χ1v) is 6.20. The van der Waals surface area contributed by atoms with Crippen molar-refractivity contribution in [2.45, 2.75) is 38.8 Å². The Morgan fingerprint density at radius 3 is 3.25 bits per heavy atom. The zero-order valence-electron chi connectivity index (χ0n) is 9.89. The van der Waals surface area contributed by atoms with Crippen LogP contribution in [0, 0.1) is 5.92 Å². The summed E-state index contributed by atoms with van der Waals surface area (Å²) < 4.78 is 2.10. The first-order valence-electron chi connectivity index (χ1n) is 6.20. The Bertz CT molecular complexity index is 318. The van der Waals surface area contributed by atoms with Crippen LogP contribution in [0.2, 0.25) is 0 Å². The lowest BCUT2D eigenvalue weighted by Crippen LogP contribution is -2.38. The van der Waals surface area contributed by atoms with Crippen LogP contribution in [-0.2, 0) is 13.0 Å². The number of nitrogens with zero attached hydrogens (tertiary/aromatic N) is 2. The molecule has 0 amide bonds. The highest BCUT2D eigenvalue weighted by molar-refractivity contribution is 4.95. The van der Waals surface area contributed by atoms with E-state index in [1.807, 2.05) is 12.4 Å². The number of imidazole rings is 1. The van der Waals surface area contributed by atoms with Gasteiger partial charge in [0.15, 0.2) is 0 Å². The predicted molar refractivity (Wildman–Crippen MR) is 63.2 cm³/mol. The number of hydrogen-bond donors (Lipinski definition) is 2. The Morgan fingerprint density at radius 1 is 1.69 bits per heavy atom. The molecule has 0 bridgehead atoms. The second-order valence-electron chi connectivity index (χ2n) is 4.51. The van der Waals surface area contributed by atoms with Crippen LogP contribution in [0.25, 0.3) is 0 Å². The third kappa shape index (κ3) is 2.62. The van der Waals surface area contributed by atoms with Gasteiger partial charge in [-0.2, -0.15) is 0 Å². The van der Waals surface area contributed by atoms with E-state index in [4.69, 9.17) is 0 Å². The molecule has 1 aliphatic rings. The quantitative estimate of drug-likeness (QED) is 0.794. The van der Waals surface area contributed by atoms with E-state index in [0.717, 1.165) is 31.9 Å². The van der Waals surface area contributed by atoms with Gasteiger partial charge >= 0.3 is 0 Å². The number of piperidine rings is 1. The minimum atomic E-state index is -0.263. The molecule has 2 rings (SSSR count). The molecule has 1 saturated heterocycles. The maximum atomic E-state index is 10.2. The molecule has 2 atom stereocenters. The lowest BCUT2D eigenvalue weighted by atomic mass is 9.92. The lowest BCUT2D eigenvalue weighted by Gasteiger charge is -2.27. The van der Waals surface area contributed by atoms with E-state index in [2.05, 4.69) is 21.8 Å². The lowest BCUT2D eigenvalue weighted by molar-refractivity contribution is 0.0896. The van der Waals surface area contributed by atoms with E-state index >= 15 is 0 Å². The zero-order valence-corrected chi connectivity index (χ0v) is 9.89. The average Bonchev–Trinajstić information content (AvgIpc) is 2.77. The second-order valence-corrected chi connectivity index (χ2v) is 4.51. The van der Waals surface area contributed by atoms with E-state index in [-0.39, 0.29) is 6.10 Å². The van der Waals surface area contributed by atoms with Crippen molar-refractivity contribution in [3.05, 3.63) is 18.2 Å². The maximum absolute atomic E-state index is 10.2. The molecule has 0 aliphatic carbocycles. The Kier molecular flexibility index (Phi) is 3.96. The van der Waals surface area contributed by atoms with E-state index in [1.165, 1.54) is 6.42 Å². The average molecular weight is 223 g/mol. The summed E-state index contributed by atoms with van der Waals surface area (Å²) in [4.78, 5) is 4.30. The Balaban J connectivity index is 1.93. The van der Waals surface area contributed by atoms with E-state index in [9.17, 15) is 5.11 Å². The Labute approximate surface area is 96.7 Å². The summed E-state index contributed by atoms with van der Waals surface area (Å²) in [6.07, 6.45) is 6.49. The van der Waals surface area contributed by atoms with Gasteiger partial charge in [-0.25, -0.2) is 4.98 Å². The highest BCUT2D eigenvalue weighted by atomic mass is 16.3. The molecule has 0 radical (unpaired) electrons. The van der Waals surface area contributed by atoms with Crippen LogP contribution in [0.15, 0.2) is 12.4 Å². The van der Waals surface area contributed by atoms with E-state index < -0.39 is 0 Å². The molecule has 2 unspecified atom stereocenters. The summed E-state index contributed by atoms with van der Waals surface area (Å²) >= 11 is 0. The van der Waals surface area contributed by atoms with Gasteiger partial charge in [0, 0.05) is 31.9 Å². The molecule has 1 aliphatic heterocycles. The Morgan fingerprint density at radius 2 is 2.56 bits per heavy atom. The number of aliphatic hydroxyl groups is 1. The van der Waals surface area contributed by atoms with E-state index in [1.54, 1.807) is 0 Å². The van der Waals surface area contributed by atoms with Crippen LogP contribution in [0.5, 0.6) is 0 Å². The van der Waals surface area contributed by atoms with Crippen LogP contribution in [0.1, 0.15) is 25.6 Å². The third-order valence-corrected chi connectivity index (χ3v) is 3.41. The van der Waals surface area contributed by atoms with Gasteiger partial charge < -0.3 is 15.0 Å². The molecule has 1 aromatic rings. The van der Waals surface area contributed by atoms with Crippen LogP contribution >= 0.6 is 0 Å². The van der Waals surface area contributed by atoms with Gasteiger partial charge in [0.05, 0.1) is 6.10 Å². The molecule has 4 heteroatoms. The topological polar surface area (TPSA) is 50.1 Å². The molecule has 2 N–H and O–H groups in total. The van der Waals surface area contributed by atoms with Gasteiger partial charge in [0.1, 0.15) is 5.82 Å². The van der Waals surface area contributed by atoms with Crippen molar-refractivity contribution in [1.82, 2.24) is 14.9 Å². The van der Waals surface area contributed by atoms with Gasteiger partial charge in [-0.3, -0.25) is 0 Å². The van der Waals surface area contributed by atoms with E-state index in [0.29, 0.717) is 12.3 Å². The Hall–Kier alpha value is -0.870. The van der Waals surface area contributed by atoms with Crippen LogP contribution in [-0.4, -0.2) is 33.9 Å². The van der Waals surface area contributed by atoms with Crippen molar-refractivity contribution in [2.75, 3.05) is 13.1 Å². The fraction of sp³-hybridized carbons (Fsp3) is 0.750. The number of aryl methyl sites for hydroxylation is 1. The van der Waals surface area contributed by atoms with Crippen molar-refractivity contribution in [1.29, 1.82) is 0 Å². The fourth-order valence-electron chi connectivity index (χ4n) is 2.38. The summed E-state index contributed by atoms with van der Waals surface area (Å²) in [6, 6.07) is 0. The molecular weight excluding hydrogens is 202 g/mol. The summed E-state index contributed by atoms with van der Waals surface area (Å²) in [5, 5.41) is 13.5. The SMILES string of the molecule is CCn1ccnc1CC(O)C1CCCNC1. The maximum Gasteiger partial charge on any atom is 0.111 e. The van der Waals surface area contributed by atoms with Crippen molar-refractivity contribution in [3.8, 4) is 0 Å². The summed E-state index contributed by atoms with van der Waals surface area (Å²) in [5.41, 5.74) is 0. The molecule has 0 aromatic carbocycles. The first-order chi connectivity index (χ1) is 7.81. The van der Waals surface area contributed by atoms with Crippen LogP contribution < -0.4 is 5.32 Å². The molecule has 0 spiro atoms. The highest BCUT2D eigenvalue weighted by Gasteiger charge is 2.22. The first kappa shape index (κ1) is 11.6. The number of aromatic nitrogens is 2. The van der Waals surface area contributed by atoms with Gasteiger partial charge in [0.25, 0.3) is 0 Å². The molecule has 2 heterocycles. The molecule has 4 nitrogen and oxygen atoms in total. The van der Waals surface area contributed by atoms with Crippen molar-refractivity contribution >= 4 is 0 Å². The second kappa shape index (κ2) is 5.46. The smallest absolute Gasteiger partial charge is 0.111 e. The van der Waals surface area contributed by atoms with Gasteiger partial charge in [-0.05, 0) is 32.2 Å². The van der Waals surface area contributed by atoms with Gasteiger partial charge in [-0.15, -0.1) is 0 Å². The summed E-state index contributed by atoms with van der Waals surface area (Å²) in [7, 11) is 0. The van der Waals surface area contributed by atoms with Crippen molar-refractivity contribution in [2.24, 2.45) is 5.92 Å². The van der Waals surface area contributed by atoms with Crippen molar-refractivity contribution in [3.63, 3.8) is 0 Å². The number of hydrogen-bond acceptors (Lipinski definition) is 3. The minimum absolute atomic E-state index is 0.263. The number of rotatable bonds is 4. The normalized spacial score (nSPS) is 23.2. The van der Waals surface area contributed by atoms with Gasteiger partial charge in [-0.1, -0.05) is 0 Å². The molecule has 0 saturated carbocycles. The zero-order chi connectivity index (χ0) is 11.4. The predicted octanol–water partition coefficient (Wildman–Crippen LogP) is 0.806. The van der Waals surface area contributed by atoms with Gasteiger partial charge in [0.2, 0.25) is 0 Å². The fourth-order valence-corrected chi connectivity index (χ4v) is 2.38. The molecule has 1 aromatic heterocycles. The number of aliphatic hydroxyl groups excluding tert-OH is 1. The molecular formula is C12H21N3O. The molecule has 90 valence electrons. The van der Waals surface area contributed by atoms with Crippen molar-refractivity contribution < 1.29 is 5.11 Å². The largest absolute Gasteiger partial charge is 0.392 e. The standard InChI is InChI=1S/C12H21N3O/c1-2-15-7-6-14-12(15)8-11(16)10-4-3-5-13-9-10/h6-7,10-11,13,16H,2-5,8-9H2,1H3.